The monoisotopic (exact) mass is 312 g/mol. The molecule has 0 aromatic heterocycles. The second kappa shape index (κ2) is 6.50. The molecule has 4 heteroatoms. The van der Waals surface area contributed by atoms with Gasteiger partial charge in [-0.25, -0.2) is 4.39 Å². The number of rotatable bonds is 5. The summed E-state index contributed by atoms with van der Waals surface area (Å²) in [7, 11) is 4.03. The quantitative estimate of drug-likeness (QED) is 0.920. The van der Waals surface area contributed by atoms with Gasteiger partial charge in [0.1, 0.15) is 5.82 Å². The maximum Gasteiger partial charge on any atom is 0.251 e. The van der Waals surface area contributed by atoms with Crippen LogP contribution in [-0.2, 0) is 6.54 Å². The Morgan fingerprint density at radius 2 is 1.78 bits per heavy atom. The summed E-state index contributed by atoms with van der Waals surface area (Å²) in [6.45, 7) is 0.858. The minimum atomic E-state index is -0.229. The number of amides is 1. The fraction of sp³-hybridized carbons (Fsp3) is 0.316. The third-order valence-electron chi connectivity index (χ3n) is 4.12. The van der Waals surface area contributed by atoms with E-state index in [4.69, 9.17) is 0 Å². The molecule has 2 aromatic rings. The lowest BCUT2D eigenvalue weighted by Gasteiger charge is -2.10. The third kappa shape index (κ3) is 3.96. The fourth-order valence-electron chi connectivity index (χ4n) is 2.81. The van der Waals surface area contributed by atoms with Gasteiger partial charge in [0.25, 0.3) is 5.91 Å². The molecule has 0 aliphatic heterocycles. The van der Waals surface area contributed by atoms with Gasteiger partial charge in [-0.3, -0.25) is 4.79 Å². The minimum absolute atomic E-state index is 0.0454. The average molecular weight is 312 g/mol. The van der Waals surface area contributed by atoms with Crippen molar-refractivity contribution in [3.63, 3.8) is 0 Å². The van der Waals surface area contributed by atoms with Gasteiger partial charge in [0.05, 0.1) is 0 Å². The Morgan fingerprint density at radius 3 is 2.39 bits per heavy atom. The summed E-state index contributed by atoms with van der Waals surface area (Å²) in [5.41, 5.74) is 2.94. The first-order valence-electron chi connectivity index (χ1n) is 7.83. The summed E-state index contributed by atoms with van der Waals surface area (Å²) in [6.07, 6.45) is 0.913. The third-order valence-corrected chi connectivity index (χ3v) is 4.12. The Balaban J connectivity index is 1.57. The summed E-state index contributed by atoms with van der Waals surface area (Å²) >= 11 is 0. The molecule has 2 aromatic carbocycles. The number of benzene rings is 2. The highest BCUT2D eigenvalue weighted by molar-refractivity contribution is 5.94. The number of nitrogens with zero attached hydrogens (tertiary/aromatic N) is 1. The van der Waals surface area contributed by atoms with Crippen molar-refractivity contribution in [3.8, 4) is 0 Å². The van der Waals surface area contributed by atoms with Crippen LogP contribution in [0.3, 0.4) is 0 Å². The van der Waals surface area contributed by atoms with Crippen LogP contribution in [-0.4, -0.2) is 30.9 Å². The molecule has 0 spiro atoms. The lowest BCUT2D eigenvalue weighted by atomic mass is 10.1. The number of hydrogen-bond acceptors (Lipinski definition) is 2. The van der Waals surface area contributed by atoms with Gasteiger partial charge in [-0.2, -0.15) is 0 Å². The predicted molar refractivity (Wildman–Crippen MR) is 88.8 cm³/mol. The molecule has 0 saturated heterocycles. The van der Waals surface area contributed by atoms with Gasteiger partial charge in [-0.05, 0) is 55.9 Å². The van der Waals surface area contributed by atoms with E-state index in [0.717, 1.165) is 18.5 Å². The molecule has 0 bridgehead atoms. The van der Waals surface area contributed by atoms with Crippen molar-refractivity contribution in [1.29, 1.82) is 0 Å². The van der Waals surface area contributed by atoms with Gasteiger partial charge in [-0.1, -0.05) is 24.3 Å². The Hall–Kier alpha value is -2.20. The zero-order valence-corrected chi connectivity index (χ0v) is 13.4. The number of halogens is 1. The number of carbonyl (C=O) groups is 1. The van der Waals surface area contributed by atoms with Gasteiger partial charge >= 0.3 is 0 Å². The highest BCUT2D eigenvalue weighted by Gasteiger charge is 2.39. The second-order valence-electron chi connectivity index (χ2n) is 6.41. The van der Waals surface area contributed by atoms with E-state index >= 15 is 0 Å². The van der Waals surface area contributed by atoms with Crippen molar-refractivity contribution in [3.05, 3.63) is 71.0 Å². The predicted octanol–water partition coefficient (Wildman–Crippen LogP) is 3.17. The van der Waals surface area contributed by atoms with E-state index in [1.807, 2.05) is 38.4 Å². The zero-order chi connectivity index (χ0) is 16.4. The molecule has 1 saturated carbocycles. The van der Waals surface area contributed by atoms with Crippen molar-refractivity contribution in [1.82, 2.24) is 10.2 Å². The largest absolute Gasteiger partial charge is 0.349 e. The first kappa shape index (κ1) is 15.7. The zero-order valence-electron chi connectivity index (χ0n) is 13.4. The second-order valence-corrected chi connectivity index (χ2v) is 6.41. The maximum absolute atomic E-state index is 12.9. The highest BCUT2D eigenvalue weighted by Crippen LogP contribution is 2.40. The SMILES string of the molecule is CN(C)Cc1ccc(C(=O)N[C@@H]2C[C@H]2c2ccc(F)cc2)cc1. The smallest absolute Gasteiger partial charge is 0.251 e. The summed E-state index contributed by atoms with van der Waals surface area (Å²) in [4.78, 5) is 14.4. The number of nitrogens with one attached hydrogen (secondary N) is 1. The Morgan fingerprint density at radius 1 is 1.13 bits per heavy atom. The summed E-state index contributed by atoms with van der Waals surface area (Å²) in [5.74, 6) is 0.0244. The molecule has 3 rings (SSSR count). The molecule has 1 amide bonds. The molecule has 0 heterocycles. The molecular formula is C19H21FN2O. The van der Waals surface area contributed by atoms with Crippen LogP contribution >= 0.6 is 0 Å². The molecule has 1 aliphatic carbocycles. The van der Waals surface area contributed by atoms with E-state index in [0.29, 0.717) is 11.5 Å². The first-order chi connectivity index (χ1) is 11.0. The topological polar surface area (TPSA) is 32.3 Å². The van der Waals surface area contributed by atoms with E-state index in [-0.39, 0.29) is 17.8 Å². The van der Waals surface area contributed by atoms with Crippen LogP contribution in [0.15, 0.2) is 48.5 Å². The van der Waals surface area contributed by atoms with E-state index in [2.05, 4.69) is 10.2 Å². The van der Waals surface area contributed by atoms with Crippen LogP contribution in [0.4, 0.5) is 4.39 Å². The molecule has 1 fully saturated rings. The van der Waals surface area contributed by atoms with Gasteiger partial charge in [-0.15, -0.1) is 0 Å². The van der Waals surface area contributed by atoms with Crippen molar-refractivity contribution in [2.75, 3.05) is 14.1 Å². The van der Waals surface area contributed by atoms with Crippen molar-refractivity contribution >= 4 is 5.91 Å². The molecule has 1 N–H and O–H groups in total. The standard InChI is InChI=1S/C19H21FN2O/c1-22(2)12-13-3-5-15(6-4-13)19(23)21-18-11-17(18)14-7-9-16(20)10-8-14/h3-10,17-18H,11-12H2,1-2H3,(H,21,23)/t17-,18+/m0/s1. The lowest BCUT2D eigenvalue weighted by Crippen LogP contribution is -2.26. The van der Waals surface area contributed by atoms with E-state index in [1.165, 1.54) is 17.7 Å². The minimum Gasteiger partial charge on any atom is -0.349 e. The maximum atomic E-state index is 12.9. The number of carbonyl (C=O) groups excluding carboxylic acids is 1. The van der Waals surface area contributed by atoms with Crippen molar-refractivity contribution in [2.45, 2.75) is 24.9 Å². The summed E-state index contributed by atoms with van der Waals surface area (Å²) in [6, 6.07) is 14.4. The molecule has 2 atom stereocenters. The molecule has 1 aliphatic rings. The van der Waals surface area contributed by atoms with Gasteiger partial charge in [0.2, 0.25) is 0 Å². The molecular weight excluding hydrogens is 291 g/mol. The lowest BCUT2D eigenvalue weighted by molar-refractivity contribution is 0.0950. The van der Waals surface area contributed by atoms with Crippen LogP contribution in [0.2, 0.25) is 0 Å². The Kier molecular flexibility index (Phi) is 4.44. The fourth-order valence-corrected chi connectivity index (χ4v) is 2.81. The summed E-state index contributed by atoms with van der Waals surface area (Å²) < 4.78 is 12.9. The van der Waals surface area contributed by atoms with E-state index in [1.54, 1.807) is 12.1 Å². The van der Waals surface area contributed by atoms with Crippen molar-refractivity contribution in [2.24, 2.45) is 0 Å². The van der Waals surface area contributed by atoms with Crippen LogP contribution in [0.25, 0.3) is 0 Å². The van der Waals surface area contributed by atoms with Gasteiger partial charge < -0.3 is 10.2 Å². The van der Waals surface area contributed by atoms with Crippen LogP contribution in [0, 0.1) is 5.82 Å². The highest BCUT2D eigenvalue weighted by atomic mass is 19.1. The van der Waals surface area contributed by atoms with Crippen molar-refractivity contribution < 1.29 is 9.18 Å². The first-order valence-corrected chi connectivity index (χ1v) is 7.83. The normalized spacial score (nSPS) is 19.7. The Bertz CT molecular complexity index is 680. The average Bonchev–Trinajstić information content (AvgIpc) is 3.27. The van der Waals surface area contributed by atoms with Gasteiger partial charge in [0, 0.05) is 24.1 Å². The van der Waals surface area contributed by atoms with Crippen LogP contribution in [0.1, 0.15) is 33.8 Å². The summed E-state index contributed by atoms with van der Waals surface area (Å²) in [5, 5.41) is 3.05. The van der Waals surface area contributed by atoms with Crippen LogP contribution < -0.4 is 5.32 Å². The van der Waals surface area contributed by atoms with E-state index in [9.17, 15) is 9.18 Å². The van der Waals surface area contributed by atoms with Crippen LogP contribution in [0.5, 0.6) is 0 Å². The molecule has 120 valence electrons. The Labute approximate surface area is 136 Å². The number of hydrogen-bond donors (Lipinski definition) is 1. The van der Waals surface area contributed by atoms with E-state index < -0.39 is 0 Å². The molecule has 23 heavy (non-hydrogen) atoms. The molecule has 3 nitrogen and oxygen atoms in total. The van der Waals surface area contributed by atoms with Gasteiger partial charge in [0.15, 0.2) is 0 Å². The molecule has 0 radical (unpaired) electrons. The molecule has 0 unspecified atom stereocenters.